The Kier molecular flexibility index (Phi) is 2.72. The highest BCUT2D eigenvalue weighted by Crippen LogP contribution is 2.16. The molecule has 78 valence electrons. The van der Waals surface area contributed by atoms with Crippen LogP contribution in [0.1, 0.15) is 23.1 Å². The monoisotopic (exact) mass is 223 g/mol. The van der Waals surface area contributed by atoms with Gasteiger partial charge in [-0.3, -0.25) is 10.1 Å². The fourth-order valence-electron chi connectivity index (χ4n) is 0.999. The molecule has 0 aliphatic heterocycles. The molecule has 1 amide bonds. The van der Waals surface area contributed by atoms with Gasteiger partial charge in [-0.25, -0.2) is 4.98 Å². The predicted molar refractivity (Wildman–Crippen MR) is 55.8 cm³/mol. The van der Waals surface area contributed by atoms with Crippen LogP contribution < -0.4 is 5.32 Å². The maximum atomic E-state index is 11.5. The molecule has 0 radical (unpaired) electrons. The zero-order chi connectivity index (χ0) is 10.7. The van der Waals surface area contributed by atoms with Gasteiger partial charge in [-0.2, -0.15) is 15.4 Å². The number of nitrogens with one attached hydrogen (secondary N) is 2. The molecular weight excluding hydrogens is 214 g/mol. The van der Waals surface area contributed by atoms with Gasteiger partial charge in [0.1, 0.15) is 0 Å². The van der Waals surface area contributed by atoms with Gasteiger partial charge in [-0.1, -0.05) is 6.92 Å². The minimum absolute atomic E-state index is 0.253. The Morgan fingerprint density at radius 3 is 3.13 bits per heavy atom. The lowest BCUT2D eigenvalue weighted by Gasteiger charge is -1.95. The standard InChI is InChI=1S/C8H9N5OS/c1-2-5-4-15-8(10-5)11-7(14)6-3-9-13-12-6/h3-4H,2H2,1H3,(H,9,12,13)(H,10,11,14). The number of thiazole rings is 1. The highest BCUT2D eigenvalue weighted by molar-refractivity contribution is 7.13. The Labute approximate surface area is 89.7 Å². The second-order valence-electron chi connectivity index (χ2n) is 2.81. The molecular formula is C8H9N5OS. The van der Waals surface area contributed by atoms with Crippen LogP contribution in [0.4, 0.5) is 5.13 Å². The molecule has 2 rings (SSSR count). The summed E-state index contributed by atoms with van der Waals surface area (Å²) < 4.78 is 0. The van der Waals surface area contributed by atoms with Gasteiger partial charge < -0.3 is 0 Å². The van der Waals surface area contributed by atoms with E-state index in [-0.39, 0.29) is 11.6 Å². The second kappa shape index (κ2) is 4.18. The summed E-state index contributed by atoms with van der Waals surface area (Å²) in [6, 6.07) is 0. The number of rotatable bonds is 3. The molecule has 2 aromatic rings. The number of hydrogen-bond donors (Lipinski definition) is 2. The quantitative estimate of drug-likeness (QED) is 0.815. The van der Waals surface area contributed by atoms with Crippen LogP contribution in [0.5, 0.6) is 0 Å². The third-order valence-electron chi connectivity index (χ3n) is 1.78. The second-order valence-corrected chi connectivity index (χ2v) is 3.67. The lowest BCUT2D eigenvalue weighted by Crippen LogP contribution is -2.12. The average Bonchev–Trinajstić information content (AvgIpc) is 2.87. The largest absolute Gasteiger partial charge is 0.296 e. The lowest BCUT2D eigenvalue weighted by atomic mass is 10.4. The van der Waals surface area contributed by atoms with Gasteiger partial charge in [0.25, 0.3) is 5.91 Å². The molecule has 0 bridgehead atoms. The van der Waals surface area contributed by atoms with E-state index in [1.807, 2.05) is 12.3 Å². The van der Waals surface area contributed by atoms with Crippen LogP contribution in [0.15, 0.2) is 11.6 Å². The predicted octanol–water partition coefficient (Wildman–Crippen LogP) is 1.08. The van der Waals surface area contributed by atoms with Gasteiger partial charge in [0.05, 0.1) is 11.9 Å². The van der Waals surface area contributed by atoms with E-state index in [1.54, 1.807) is 0 Å². The fraction of sp³-hybridized carbons (Fsp3) is 0.250. The number of H-pyrrole nitrogens is 1. The van der Waals surface area contributed by atoms with Gasteiger partial charge in [0.2, 0.25) is 0 Å². The van der Waals surface area contributed by atoms with Gasteiger partial charge >= 0.3 is 0 Å². The van der Waals surface area contributed by atoms with E-state index in [0.29, 0.717) is 5.13 Å². The molecule has 0 fully saturated rings. The van der Waals surface area contributed by atoms with Crippen LogP contribution in [-0.2, 0) is 6.42 Å². The van der Waals surface area contributed by atoms with Gasteiger partial charge in [-0.05, 0) is 6.42 Å². The molecule has 0 atom stereocenters. The molecule has 2 heterocycles. The van der Waals surface area contributed by atoms with Crippen LogP contribution in [0, 0.1) is 0 Å². The first kappa shape index (κ1) is 9.78. The molecule has 15 heavy (non-hydrogen) atoms. The van der Waals surface area contributed by atoms with E-state index in [0.717, 1.165) is 12.1 Å². The van der Waals surface area contributed by atoms with E-state index in [9.17, 15) is 4.79 Å². The van der Waals surface area contributed by atoms with Crippen molar-refractivity contribution < 1.29 is 4.79 Å². The van der Waals surface area contributed by atoms with Crippen molar-refractivity contribution >= 4 is 22.4 Å². The average molecular weight is 223 g/mol. The number of hydrogen-bond acceptors (Lipinski definition) is 5. The minimum atomic E-state index is -0.305. The van der Waals surface area contributed by atoms with E-state index in [4.69, 9.17) is 0 Å². The number of nitrogens with zero attached hydrogens (tertiary/aromatic N) is 3. The minimum Gasteiger partial charge on any atom is -0.296 e. The summed E-state index contributed by atoms with van der Waals surface area (Å²) >= 11 is 1.40. The smallest absolute Gasteiger partial charge is 0.279 e. The van der Waals surface area contributed by atoms with E-state index in [1.165, 1.54) is 17.5 Å². The Morgan fingerprint density at radius 2 is 2.53 bits per heavy atom. The molecule has 2 N–H and O–H groups in total. The number of carbonyl (C=O) groups excluding carboxylic acids is 1. The fourth-order valence-corrected chi connectivity index (χ4v) is 1.79. The van der Waals surface area contributed by atoms with Crippen molar-refractivity contribution in [3.8, 4) is 0 Å². The van der Waals surface area contributed by atoms with Crippen LogP contribution >= 0.6 is 11.3 Å². The van der Waals surface area contributed by atoms with Crippen molar-refractivity contribution in [1.82, 2.24) is 20.4 Å². The van der Waals surface area contributed by atoms with Gasteiger partial charge in [0, 0.05) is 5.38 Å². The first-order chi connectivity index (χ1) is 7.29. The van der Waals surface area contributed by atoms with Crippen molar-refractivity contribution in [1.29, 1.82) is 0 Å². The molecule has 0 aromatic carbocycles. The number of aromatic amines is 1. The van der Waals surface area contributed by atoms with Crippen molar-refractivity contribution in [2.24, 2.45) is 0 Å². The van der Waals surface area contributed by atoms with Crippen molar-refractivity contribution in [2.75, 3.05) is 5.32 Å². The van der Waals surface area contributed by atoms with Crippen molar-refractivity contribution in [3.05, 3.63) is 23.0 Å². The third-order valence-corrected chi connectivity index (χ3v) is 2.59. The highest BCUT2D eigenvalue weighted by atomic mass is 32.1. The zero-order valence-corrected chi connectivity index (χ0v) is 8.84. The van der Waals surface area contributed by atoms with Crippen molar-refractivity contribution in [2.45, 2.75) is 13.3 Å². The van der Waals surface area contributed by atoms with E-state index >= 15 is 0 Å². The van der Waals surface area contributed by atoms with Gasteiger partial charge in [0.15, 0.2) is 10.8 Å². The normalized spacial score (nSPS) is 10.2. The Balaban J connectivity index is 2.06. The number of carbonyl (C=O) groups is 1. The summed E-state index contributed by atoms with van der Waals surface area (Å²) in [5.74, 6) is -0.305. The van der Waals surface area contributed by atoms with Gasteiger partial charge in [-0.15, -0.1) is 11.3 Å². The highest BCUT2D eigenvalue weighted by Gasteiger charge is 2.10. The number of aromatic nitrogens is 4. The first-order valence-corrected chi connectivity index (χ1v) is 5.29. The molecule has 6 nitrogen and oxygen atoms in total. The number of aryl methyl sites for hydroxylation is 1. The Hall–Kier alpha value is -1.76. The van der Waals surface area contributed by atoms with Crippen LogP contribution in [0.25, 0.3) is 0 Å². The molecule has 0 aliphatic carbocycles. The SMILES string of the molecule is CCc1csc(NC(=O)c2cn[nH]n2)n1. The summed E-state index contributed by atoms with van der Waals surface area (Å²) in [6.07, 6.45) is 2.22. The number of anilines is 1. The lowest BCUT2D eigenvalue weighted by molar-refractivity contribution is 0.102. The molecule has 0 aliphatic rings. The molecule has 0 unspecified atom stereocenters. The van der Waals surface area contributed by atoms with Crippen molar-refractivity contribution in [3.63, 3.8) is 0 Å². The molecule has 2 aromatic heterocycles. The van der Waals surface area contributed by atoms with E-state index < -0.39 is 0 Å². The summed E-state index contributed by atoms with van der Waals surface area (Å²) in [5, 5.41) is 14.7. The molecule has 0 spiro atoms. The summed E-state index contributed by atoms with van der Waals surface area (Å²) in [5.41, 5.74) is 1.22. The van der Waals surface area contributed by atoms with Crippen LogP contribution in [-0.4, -0.2) is 26.3 Å². The third kappa shape index (κ3) is 2.18. The first-order valence-electron chi connectivity index (χ1n) is 4.41. The number of amides is 1. The van der Waals surface area contributed by atoms with Crippen LogP contribution in [0.2, 0.25) is 0 Å². The van der Waals surface area contributed by atoms with Crippen LogP contribution in [0.3, 0.4) is 0 Å². The molecule has 7 heteroatoms. The van der Waals surface area contributed by atoms with E-state index in [2.05, 4.69) is 25.7 Å². The topological polar surface area (TPSA) is 83.6 Å². The molecule has 0 saturated heterocycles. The maximum Gasteiger partial charge on any atom is 0.279 e. The summed E-state index contributed by atoms with van der Waals surface area (Å²) in [4.78, 5) is 15.7. The summed E-state index contributed by atoms with van der Waals surface area (Å²) in [6.45, 7) is 2.01. The Morgan fingerprint density at radius 1 is 1.67 bits per heavy atom. The maximum absolute atomic E-state index is 11.5. The zero-order valence-electron chi connectivity index (χ0n) is 8.02. The summed E-state index contributed by atoms with van der Waals surface area (Å²) in [7, 11) is 0. The molecule has 0 saturated carbocycles. The Bertz CT molecular complexity index is 449.